The average Bonchev–Trinajstić information content (AvgIpc) is 3.78. The van der Waals surface area contributed by atoms with Crippen LogP contribution in [-0.4, -0.2) is 6.10 Å². The molecule has 0 radical (unpaired) electrons. The Balaban J connectivity index is 0.861. The summed E-state index contributed by atoms with van der Waals surface area (Å²) >= 11 is 0. The molecule has 1 aliphatic heterocycles. The number of hydrogen-bond acceptors (Lipinski definition) is 2. The van der Waals surface area contributed by atoms with E-state index in [0.29, 0.717) is 5.92 Å². The fraction of sp³-hybridized carbons (Fsp3) is 0.154. The minimum Gasteiger partial charge on any atom is -0.485 e. The summed E-state index contributed by atoms with van der Waals surface area (Å²) in [6.07, 6.45) is 22.9. The Morgan fingerprint density at radius 1 is 0.630 bits per heavy atom. The molecule has 258 valence electrons. The van der Waals surface area contributed by atoms with Gasteiger partial charge in [0, 0.05) is 34.4 Å². The lowest BCUT2D eigenvalue weighted by molar-refractivity contribution is 0.275. The predicted octanol–water partition coefficient (Wildman–Crippen LogP) is 11.4. The molecule has 12 rings (SSSR count). The summed E-state index contributed by atoms with van der Waals surface area (Å²) in [4.78, 5) is 0. The van der Waals surface area contributed by atoms with Gasteiger partial charge in [-0.3, -0.25) is 0 Å². The molecule has 2 nitrogen and oxygen atoms in total. The van der Waals surface area contributed by atoms with Gasteiger partial charge in [0.05, 0.1) is 0 Å². The van der Waals surface area contributed by atoms with Crippen LogP contribution < -0.4 is 15.2 Å². The molecule has 0 saturated heterocycles. The van der Waals surface area contributed by atoms with Crippen LogP contribution in [0, 0.1) is 0 Å². The van der Waals surface area contributed by atoms with Crippen LogP contribution in [0.2, 0.25) is 0 Å². The van der Waals surface area contributed by atoms with E-state index < -0.39 is 0 Å². The van der Waals surface area contributed by atoms with E-state index in [9.17, 15) is 0 Å². The van der Waals surface area contributed by atoms with Crippen LogP contribution in [0.4, 0.5) is 0 Å². The summed E-state index contributed by atoms with van der Waals surface area (Å²) < 4.78 is 13.2. The van der Waals surface area contributed by atoms with Crippen molar-refractivity contribution in [3.63, 3.8) is 0 Å². The first kappa shape index (κ1) is 30.4. The molecule has 6 aromatic carbocycles. The van der Waals surface area contributed by atoms with Gasteiger partial charge in [0.2, 0.25) is 0 Å². The topological polar surface area (TPSA) is 22.4 Å². The lowest BCUT2D eigenvalue weighted by Gasteiger charge is -2.24. The van der Waals surface area contributed by atoms with Gasteiger partial charge < -0.3 is 9.15 Å². The molecular weight excluding hydrogens is 657 g/mol. The minimum atomic E-state index is -0.00533. The van der Waals surface area contributed by atoms with Gasteiger partial charge in [-0.05, 0) is 152 Å². The van der Waals surface area contributed by atoms with Crippen LogP contribution >= 0.6 is 0 Å². The summed E-state index contributed by atoms with van der Waals surface area (Å²) in [5.41, 5.74) is 17.1. The molecule has 0 fully saturated rings. The molecule has 2 atom stereocenters. The van der Waals surface area contributed by atoms with Crippen molar-refractivity contribution in [2.75, 3.05) is 0 Å². The quantitative estimate of drug-likeness (QED) is 0.184. The van der Waals surface area contributed by atoms with Crippen molar-refractivity contribution in [2.24, 2.45) is 0 Å². The Morgan fingerprint density at radius 3 is 2.44 bits per heavy atom. The van der Waals surface area contributed by atoms with Gasteiger partial charge in [0.25, 0.3) is 0 Å². The van der Waals surface area contributed by atoms with Crippen LogP contribution in [0.15, 0.2) is 120 Å². The number of furan rings is 1. The number of benzene rings is 6. The highest BCUT2D eigenvalue weighted by molar-refractivity contribution is 5.97. The summed E-state index contributed by atoms with van der Waals surface area (Å²) in [5.74, 6) is 2.26. The molecule has 4 aliphatic carbocycles. The smallest absolute Gasteiger partial charge is 0.135 e. The molecule has 0 spiro atoms. The van der Waals surface area contributed by atoms with Crippen LogP contribution in [0.1, 0.15) is 69.9 Å². The molecule has 5 aliphatic rings. The largest absolute Gasteiger partial charge is 0.485 e. The molecule has 0 amide bonds. The van der Waals surface area contributed by atoms with Crippen molar-refractivity contribution < 1.29 is 9.15 Å². The second-order valence-electron chi connectivity index (χ2n) is 15.7. The Bertz CT molecular complexity index is 2980. The molecule has 0 N–H and O–H groups in total. The Kier molecular flexibility index (Phi) is 6.57. The van der Waals surface area contributed by atoms with Crippen molar-refractivity contribution in [3.8, 4) is 28.0 Å². The summed E-state index contributed by atoms with van der Waals surface area (Å²) in [7, 11) is 0. The lowest BCUT2D eigenvalue weighted by Crippen LogP contribution is -2.28. The highest BCUT2D eigenvalue weighted by atomic mass is 16.5. The highest BCUT2D eigenvalue weighted by Gasteiger charge is 2.35. The molecule has 1 aromatic heterocycles. The molecular formula is C52H38O2. The van der Waals surface area contributed by atoms with Gasteiger partial charge in [-0.25, -0.2) is 0 Å². The highest BCUT2D eigenvalue weighted by Crippen LogP contribution is 2.47. The second-order valence-corrected chi connectivity index (χ2v) is 15.7. The monoisotopic (exact) mass is 694 g/mol. The molecule has 2 unspecified atom stereocenters. The Morgan fingerprint density at radius 2 is 1.48 bits per heavy atom. The molecule has 0 bridgehead atoms. The van der Waals surface area contributed by atoms with Crippen molar-refractivity contribution in [1.29, 1.82) is 0 Å². The third-order valence-corrected chi connectivity index (χ3v) is 12.6. The van der Waals surface area contributed by atoms with Gasteiger partial charge in [0.15, 0.2) is 0 Å². The summed E-state index contributed by atoms with van der Waals surface area (Å²) in [6.45, 7) is 0. The number of rotatable bonds is 3. The van der Waals surface area contributed by atoms with Gasteiger partial charge >= 0.3 is 0 Å². The standard InChI is InChI=1S/C52H38O2/c1-2-8-32-23-34(14-13-31(32)7-1)37-19-21-49-45(26-37)47-29-52-48(30-51(47)53-49)46-27-38(20-22-50(46)54-52)35-15-16-36-25-40(18-17-33(36)24-35)44-28-39-9-3-4-10-41(39)42-11-5-6-12-43(42)44/h1-3,5,7-9,11,13-14,16-28,30,35,52H,4,6,10,12,15,29H2. The Hall–Kier alpha value is -6.12. The first-order valence-electron chi connectivity index (χ1n) is 19.6. The van der Waals surface area contributed by atoms with Gasteiger partial charge in [-0.2, -0.15) is 0 Å². The maximum Gasteiger partial charge on any atom is 0.135 e. The third-order valence-electron chi connectivity index (χ3n) is 12.6. The van der Waals surface area contributed by atoms with Crippen molar-refractivity contribution in [1.82, 2.24) is 0 Å². The van der Waals surface area contributed by atoms with Crippen LogP contribution in [0.5, 0.6) is 5.75 Å². The van der Waals surface area contributed by atoms with Crippen molar-refractivity contribution in [3.05, 3.63) is 170 Å². The van der Waals surface area contributed by atoms with E-state index in [1.54, 1.807) is 0 Å². The van der Waals surface area contributed by atoms with E-state index in [1.165, 1.54) is 93.4 Å². The van der Waals surface area contributed by atoms with E-state index in [2.05, 4.69) is 146 Å². The summed E-state index contributed by atoms with van der Waals surface area (Å²) in [5, 5.41) is 6.36. The van der Waals surface area contributed by atoms with E-state index in [0.717, 1.165) is 55.6 Å². The maximum absolute atomic E-state index is 6.64. The zero-order valence-electron chi connectivity index (χ0n) is 30.1. The van der Waals surface area contributed by atoms with Crippen molar-refractivity contribution in [2.45, 2.75) is 50.5 Å². The average molecular weight is 695 g/mol. The van der Waals surface area contributed by atoms with E-state index in [-0.39, 0.29) is 6.10 Å². The fourth-order valence-electron chi connectivity index (χ4n) is 9.87. The normalized spacial score (nSPS) is 18.7. The maximum atomic E-state index is 6.64. The molecule has 0 saturated carbocycles. The first-order chi connectivity index (χ1) is 26.7. The number of ether oxygens (including phenoxy) is 1. The lowest BCUT2D eigenvalue weighted by atomic mass is 9.81. The zero-order valence-corrected chi connectivity index (χ0v) is 30.1. The summed E-state index contributed by atoms with van der Waals surface area (Å²) in [6, 6.07) is 38.3. The predicted molar refractivity (Wildman–Crippen MR) is 224 cm³/mol. The fourth-order valence-corrected chi connectivity index (χ4v) is 9.87. The van der Waals surface area contributed by atoms with E-state index in [1.807, 2.05) is 0 Å². The van der Waals surface area contributed by atoms with Crippen LogP contribution in [0.25, 0.3) is 79.9 Å². The van der Waals surface area contributed by atoms with E-state index >= 15 is 0 Å². The van der Waals surface area contributed by atoms with Gasteiger partial charge in [-0.1, -0.05) is 97.1 Å². The zero-order chi connectivity index (χ0) is 35.3. The Labute approximate surface area is 314 Å². The minimum absolute atomic E-state index is 0.00533. The number of hydrogen-bond donors (Lipinski definition) is 0. The van der Waals surface area contributed by atoms with Crippen LogP contribution in [-0.2, 0) is 19.3 Å². The van der Waals surface area contributed by atoms with Crippen molar-refractivity contribution >= 4 is 57.7 Å². The second kappa shape index (κ2) is 11.7. The number of fused-ring (bicyclic) bond motifs is 11. The third kappa shape index (κ3) is 4.72. The van der Waals surface area contributed by atoms with Gasteiger partial charge in [0.1, 0.15) is 23.2 Å². The van der Waals surface area contributed by atoms with E-state index in [4.69, 9.17) is 9.15 Å². The number of allylic oxidation sites excluding steroid dienone is 2. The molecule has 2 heteroatoms. The molecule has 54 heavy (non-hydrogen) atoms. The molecule has 7 aromatic rings. The molecule has 2 heterocycles. The first-order valence-corrected chi connectivity index (χ1v) is 19.6. The SMILES string of the molecule is C1=Cc2cc(-c3ccc4c(c3)=CCC(c3ccc5c(c3)C3=Cc6oc7ccc(-c8ccc9ccccc9c8)cc7c6CC3O5)C=4)c3c(c2CC1)C=CCC3. The van der Waals surface area contributed by atoms with Crippen LogP contribution in [0.3, 0.4) is 0 Å². The van der Waals surface area contributed by atoms with Gasteiger partial charge in [-0.15, -0.1) is 0 Å².